The third-order valence-electron chi connectivity index (χ3n) is 4.50. The molecule has 0 radical (unpaired) electrons. The first-order valence-corrected chi connectivity index (χ1v) is 9.09. The Balaban J connectivity index is 1.93. The lowest BCUT2D eigenvalue weighted by atomic mass is 9.95. The van der Waals surface area contributed by atoms with Crippen molar-refractivity contribution in [3.8, 4) is 22.3 Å². The van der Waals surface area contributed by atoms with E-state index in [2.05, 4.69) is 56.3 Å². The molecule has 3 aromatic rings. The smallest absolute Gasteiger partial charge is 0.338 e. The zero-order chi connectivity index (χ0) is 18.5. The predicted octanol–water partition coefficient (Wildman–Crippen LogP) is 6.07. The van der Waals surface area contributed by atoms with Crippen molar-refractivity contribution in [1.82, 2.24) is 0 Å². The Morgan fingerprint density at radius 2 is 1.31 bits per heavy atom. The van der Waals surface area contributed by atoms with E-state index < -0.39 is 0 Å². The second-order valence-electron chi connectivity index (χ2n) is 6.44. The summed E-state index contributed by atoms with van der Waals surface area (Å²) in [5, 5.41) is 0. The van der Waals surface area contributed by atoms with Crippen LogP contribution in [0.4, 0.5) is 0 Å². The van der Waals surface area contributed by atoms with E-state index in [1.54, 1.807) is 0 Å². The maximum absolute atomic E-state index is 11.8. The van der Waals surface area contributed by atoms with Gasteiger partial charge in [0.15, 0.2) is 0 Å². The number of carbonyl (C=O) groups excluding carboxylic acids is 1. The van der Waals surface area contributed by atoms with Crippen LogP contribution in [0.5, 0.6) is 0 Å². The fraction of sp³-hybridized carbons (Fsp3) is 0.208. The van der Waals surface area contributed by atoms with Gasteiger partial charge in [-0.25, -0.2) is 4.79 Å². The topological polar surface area (TPSA) is 26.3 Å². The Labute approximate surface area is 155 Å². The van der Waals surface area contributed by atoms with Crippen LogP contribution in [0.3, 0.4) is 0 Å². The molecule has 2 nitrogen and oxygen atoms in total. The van der Waals surface area contributed by atoms with Crippen LogP contribution < -0.4 is 0 Å². The van der Waals surface area contributed by atoms with E-state index in [1.165, 1.54) is 22.3 Å². The highest BCUT2D eigenvalue weighted by molar-refractivity contribution is 5.90. The minimum Gasteiger partial charge on any atom is -0.462 e. The van der Waals surface area contributed by atoms with Crippen molar-refractivity contribution in [2.75, 3.05) is 6.61 Å². The normalized spacial score (nSPS) is 10.6. The number of benzene rings is 3. The minimum absolute atomic E-state index is 0.278. The highest BCUT2D eigenvalue weighted by Crippen LogP contribution is 2.28. The molecular weight excluding hydrogens is 320 g/mol. The van der Waals surface area contributed by atoms with Gasteiger partial charge in [0, 0.05) is 0 Å². The molecule has 26 heavy (non-hydrogen) atoms. The summed E-state index contributed by atoms with van der Waals surface area (Å²) in [6.07, 6.45) is 1.05. The van der Waals surface area contributed by atoms with Crippen molar-refractivity contribution >= 4 is 5.97 Å². The number of carbonyl (C=O) groups is 1. The zero-order valence-corrected chi connectivity index (χ0v) is 15.6. The van der Waals surface area contributed by atoms with Crippen LogP contribution in [0.25, 0.3) is 22.3 Å². The molecule has 0 fully saturated rings. The third kappa shape index (κ3) is 4.02. The molecule has 0 unspecified atom stereocenters. The van der Waals surface area contributed by atoms with Crippen molar-refractivity contribution in [2.24, 2.45) is 0 Å². The number of aryl methyl sites for hydroxylation is 2. The van der Waals surface area contributed by atoms with Crippen molar-refractivity contribution in [2.45, 2.75) is 27.2 Å². The summed E-state index contributed by atoms with van der Waals surface area (Å²) in [6.45, 7) is 6.48. The standard InChI is InChI=1S/C24H24O2/c1-4-18-6-8-19(9-7-18)22-14-17(3)15-23(16-22)20-10-12-21(13-11-20)24(25)26-5-2/h6-16H,4-5H2,1-3H3. The molecule has 0 spiro atoms. The Hall–Kier alpha value is -2.87. The van der Waals surface area contributed by atoms with Gasteiger partial charge in [0.05, 0.1) is 12.2 Å². The van der Waals surface area contributed by atoms with Gasteiger partial charge in [-0.15, -0.1) is 0 Å². The van der Waals surface area contributed by atoms with E-state index in [4.69, 9.17) is 4.74 Å². The van der Waals surface area contributed by atoms with Crippen LogP contribution in [0.1, 0.15) is 35.3 Å². The van der Waals surface area contributed by atoms with Crippen LogP contribution in [-0.4, -0.2) is 12.6 Å². The second-order valence-corrected chi connectivity index (χ2v) is 6.44. The fourth-order valence-electron chi connectivity index (χ4n) is 3.06. The number of esters is 1. The zero-order valence-electron chi connectivity index (χ0n) is 15.6. The average Bonchev–Trinajstić information content (AvgIpc) is 2.68. The molecule has 2 heteroatoms. The number of rotatable bonds is 5. The molecule has 0 aliphatic rings. The average molecular weight is 344 g/mol. The Bertz CT molecular complexity index is 890. The largest absolute Gasteiger partial charge is 0.462 e. The van der Waals surface area contributed by atoms with E-state index in [0.717, 1.165) is 17.5 Å². The SMILES string of the molecule is CCOC(=O)c1ccc(-c2cc(C)cc(-c3ccc(CC)cc3)c2)cc1. The minimum atomic E-state index is -0.278. The van der Waals surface area contributed by atoms with Gasteiger partial charge in [-0.3, -0.25) is 0 Å². The summed E-state index contributed by atoms with van der Waals surface area (Å²) < 4.78 is 5.05. The lowest BCUT2D eigenvalue weighted by molar-refractivity contribution is 0.0526. The first kappa shape index (κ1) is 17.9. The molecule has 0 bridgehead atoms. The molecule has 0 saturated heterocycles. The van der Waals surface area contributed by atoms with Gasteiger partial charge < -0.3 is 4.74 Å². The molecule has 0 saturated carbocycles. The van der Waals surface area contributed by atoms with E-state index >= 15 is 0 Å². The van der Waals surface area contributed by atoms with Crippen molar-refractivity contribution < 1.29 is 9.53 Å². The number of ether oxygens (including phenoxy) is 1. The molecule has 0 atom stereocenters. The molecular formula is C24H24O2. The predicted molar refractivity (Wildman–Crippen MR) is 107 cm³/mol. The van der Waals surface area contributed by atoms with Gasteiger partial charge in [0.2, 0.25) is 0 Å². The summed E-state index contributed by atoms with van der Waals surface area (Å²) in [6, 6.07) is 22.9. The van der Waals surface area contributed by atoms with E-state index in [9.17, 15) is 4.79 Å². The van der Waals surface area contributed by atoms with Crippen LogP contribution >= 0.6 is 0 Å². The fourth-order valence-corrected chi connectivity index (χ4v) is 3.06. The van der Waals surface area contributed by atoms with Crippen molar-refractivity contribution in [3.63, 3.8) is 0 Å². The van der Waals surface area contributed by atoms with Crippen LogP contribution in [0, 0.1) is 6.92 Å². The maximum Gasteiger partial charge on any atom is 0.338 e. The Morgan fingerprint density at radius 3 is 1.81 bits per heavy atom. The van der Waals surface area contributed by atoms with Gasteiger partial charge >= 0.3 is 5.97 Å². The van der Waals surface area contributed by atoms with E-state index in [-0.39, 0.29) is 5.97 Å². The van der Waals surface area contributed by atoms with E-state index in [1.807, 2.05) is 31.2 Å². The summed E-state index contributed by atoms with van der Waals surface area (Å²) in [7, 11) is 0. The highest BCUT2D eigenvalue weighted by Gasteiger charge is 2.08. The lowest BCUT2D eigenvalue weighted by Gasteiger charge is -2.10. The summed E-state index contributed by atoms with van der Waals surface area (Å²) in [5.41, 5.74) is 7.80. The van der Waals surface area contributed by atoms with Crippen molar-refractivity contribution in [3.05, 3.63) is 83.4 Å². The van der Waals surface area contributed by atoms with E-state index in [0.29, 0.717) is 12.2 Å². The van der Waals surface area contributed by atoms with Crippen molar-refractivity contribution in [1.29, 1.82) is 0 Å². The third-order valence-corrected chi connectivity index (χ3v) is 4.50. The molecule has 132 valence electrons. The lowest BCUT2D eigenvalue weighted by Crippen LogP contribution is -2.03. The Kier molecular flexibility index (Phi) is 5.52. The second kappa shape index (κ2) is 8.01. The molecule has 0 amide bonds. The van der Waals surface area contributed by atoms with Gasteiger partial charge in [-0.1, -0.05) is 55.5 Å². The molecule has 0 aliphatic carbocycles. The van der Waals surface area contributed by atoms with Crippen LogP contribution in [0.2, 0.25) is 0 Å². The van der Waals surface area contributed by atoms with Gasteiger partial charge in [0.25, 0.3) is 0 Å². The molecule has 0 aliphatic heterocycles. The quantitative estimate of drug-likeness (QED) is 0.525. The van der Waals surface area contributed by atoms with Crippen LogP contribution in [0.15, 0.2) is 66.7 Å². The monoisotopic (exact) mass is 344 g/mol. The molecule has 0 N–H and O–H groups in total. The molecule has 0 aromatic heterocycles. The molecule has 0 heterocycles. The first-order chi connectivity index (χ1) is 12.6. The summed E-state index contributed by atoms with van der Waals surface area (Å²) in [5.74, 6) is -0.278. The van der Waals surface area contributed by atoms with Gasteiger partial charge in [0.1, 0.15) is 0 Å². The summed E-state index contributed by atoms with van der Waals surface area (Å²) >= 11 is 0. The maximum atomic E-state index is 11.8. The summed E-state index contributed by atoms with van der Waals surface area (Å²) in [4.78, 5) is 11.8. The van der Waals surface area contributed by atoms with Gasteiger partial charge in [-0.05, 0) is 71.8 Å². The van der Waals surface area contributed by atoms with Crippen LogP contribution in [-0.2, 0) is 11.2 Å². The molecule has 3 aromatic carbocycles. The Morgan fingerprint density at radius 1 is 0.769 bits per heavy atom. The highest BCUT2D eigenvalue weighted by atomic mass is 16.5. The first-order valence-electron chi connectivity index (χ1n) is 9.09. The number of hydrogen-bond donors (Lipinski definition) is 0. The van der Waals surface area contributed by atoms with Gasteiger partial charge in [-0.2, -0.15) is 0 Å². The molecule has 3 rings (SSSR count). The number of hydrogen-bond acceptors (Lipinski definition) is 2.